The van der Waals surface area contributed by atoms with Gasteiger partial charge in [0.05, 0.1) is 12.7 Å². The summed E-state index contributed by atoms with van der Waals surface area (Å²) in [5.74, 6) is 0. The first kappa shape index (κ1) is 7.55. The molecule has 1 aliphatic heterocycles. The van der Waals surface area contributed by atoms with Gasteiger partial charge in [0.2, 0.25) is 0 Å². The average molecular weight is 138 g/mol. The molecule has 56 valence electrons. The van der Waals surface area contributed by atoms with Crippen LogP contribution in [0.4, 0.5) is 0 Å². The fourth-order valence-electron chi connectivity index (χ4n) is 1.08. The zero-order valence-electron chi connectivity index (χ0n) is 6.25. The summed E-state index contributed by atoms with van der Waals surface area (Å²) in [5.41, 5.74) is 0. The Bertz CT molecular complexity index is 127. The van der Waals surface area contributed by atoms with Crippen LogP contribution in [0.5, 0.6) is 0 Å². The molecule has 1 unspecified atom stereocenters. The summed E-state index contributed by atoms with van der Waals surface area (Å²) < 4.78 is 5.45. The minimum atomic E-state index is 0.447. The number of hydrogen-bond donors (Lipinski definition) is 0. The predicted molar refractivity (Wildman–Crippen MR) is 42.9 cm³/mol. The van der Waals surface area contributed by atoms with Crippen LogP contribution in [0.15, 0.2) is 24.8 Å². The van der Waals surface area contributed by atoms with Crippen LogP contribution in [-0.2, 0) is 4.74 Å². The van der Waals surface area contributed by atoms with E-state index in [1.54, 1.807) is 0 Å². The SMILES string of the molecule is C=CCCC1CC=CCO1. The molecule has 10 heavy (non-hydrogen) atoms. The van der Waals surface area contributed by atoms with Gasteiger partial charge in [-0.25, -0.2) is 0 Å². The quantitative estimate of drug-likeness (QED) is 0.544. The molecule has 0 aromatic carbocycles. The topological polar surface area (TPSA) is 9.23 Å². The molecule has 1 heterocycles. The molecule has 0 aromatic rings. The highest BCUT2D eigenvalue weighted by Gasteiger charge is 2.07. The Labute approximate surface area is 62.4 Å². The highest BCUT2D eigenvalue weighted by atomic mass is 16.5. The molecule has 0 bridgehead atoms. The van der Waals surface area contributed by atoms with Crippen molar-refractivity contribution in [3.8, 4) is 0 Å². The zero-order chi connectivity index (χ0) is 7.23. The van der Waals surface area contributed by atoms with Crippen LogP contribution in [-0.4, -0.2) is 12.7 Å². The third-order valence-corrected chi connectivity index (χ3v) is 1.69. The predicted octanol–water partition coefficient (Wildman–Crippen LogP) is 2.30. The minimum Gasteiger partial charge on any atom is -0.374 e. The molecule has 0 aliphatic carbocycles. The molecule has 0 N–H and O–H groups in total. The smallest absolute Gasteiger partial charge is 0.0651 e. The van der Waals surface area contributed by atoms with E-state index in [0.717, 1.165) is 25.9 Å². The molecule has 0 aromatic heterocycles. The van der Waals surface area contributed by atoms with E-state index in [-0.39, 0.29) is 0 Å². The van der Waals surface area contributed by atoms with E-state index >= 15 is 0 Å². The average Bonchev–Trinajstić information content (AvgIpc) is 2.03. The van der Waals surface area contributed by atoms with Crippen LogP contribution in [0.25, 0.3) is 0 Å². The second-order valence-corrected chi connectivity index (χ2v) is 2.53. The van der Waals surface area contributed by atoms with Gasteiger partial charge in [-0.3, -0.25) is 0 Å². The highest BCUT2D eigenvalue weighted by molar-refractivity contribution is 4.89. The van der Waals surface area contributed by atoms with E-state index in [9.17, 15) is 0 Å². The Balaban J connectivity index is 2.15. The summed E-state index contributed by atoms with van der Waals surface area (Å²) in [5, 5.41) is 0. The van der Waals surface area contributed by atoms with Gasteiger partial charge in [0.1, 0.15) is 0 Å². The summed E-state index contributed by atoms with van der Waals surface area (Å²) in [7, 11) is 0. The lowest BCUT2D eigenvalue weighted by Gasteiger charge is -2.17. The minimum absolute atomic E-state index is 0.447. The highest BCUT2D eigenvalue weighted by Crippen LogP contribution is 2.11. The van der Waals surface area contributed by atoms with Gasteiger partial charge in [0, 0.05) is 0 Å². The standard InChI is InChI=1S/C9H14O/c1-2-3-6-9-7-4-5-8-10-9/h2,4-5,9H,1,3,6-8H2. The summed E-state index contributed by atoms with van der Waals surface area (Å²) >= 11 is 0. The molecule has 0 radical (unpaired) electrons. The van der Waals surface area contributed by atoms with E-state index in [1.807, 2.05) is 6.08 Å². The number of hydrogen-bond acceptors (Lipinski definition) is 1. The Morgan fingerprint density at radius 2 is 2.50 bits per heavy atom. The molecule has 0 spiro atoms. The van der Waals surface area contributed by atoms with Crippen molar-refractivity contribution in [2.75, 3.05) is 6.61 Å². The van der Waals surface area contributed by atoms with Gasteiger partial charge in [-0.1, -0.05) is 18.2 Å². The van der Waals surface area contributed by atoms with Crippen LogP contribution in [0.2, 0.25) is 0 Å². The van der Waals surface area contributed by atoms with Crippen LogP contribution < -0.4 is 0 Å². The first-order valence-electron chi connectivity index (χ1n) is 3.81. The molecule has 1 atom stereocenters. The Hall–Kier alpha value is -0.560. The molecular formula is C9H14O. The van der Waals surface area contributed by atoms with E-state index in [4.69, 9.17) is 4.74 Å². The van der Waals surface area contributed by atoms with Gasteiger partial charge in [-0.15, -0.1) is 6.58 Å². The van der Waals surface area contributed by atoms with Crippen molar-refractivity contribution in [2.24, 2.45) is 0 Å². The van der Waals surface area contributed by atoms with Crippen LogP contribution in [0.3, 0.4) is 0 Å². The van der Waals surface area contributed by atoms with Crippen molar-refractivity contribution in [3.63, 3.8) is 0 Å². The lowest BCUT2D eigenvalue weighted by molar-refractivity contribution is 0.0625. The summed E-state index contributed by atoms with van der Waals surface area (Å²) in [6.45, 7) is 4.46. The molecule has 1 aliphatic rings. The molecule has 0 fully saturated rings. The maximum absolute atomic E-state index is 5.45. The van der Waals surface area contributed by atoms with Crippen molar-refractivity contribution in [3.05, 3.63) is 24.8 Å². The Morgan fingerprint density at radius 3 is 3.10 bits per heavy atom. The Morgan fingerprint density at radius 1 is 1.60 bits per heavy atom. The summed E-state index contributed by atoms with van der Waals surface area (Å²) in [6, 6.07) is 0. The van der Waals surface area contributed by atoms with Gasteiger partial charge in [0.25, 0.3) is 0 Å². The lowest BCUT2D eigenvalue weighted by Crippen LogP contribution is -2.14. The molecule has 0 saturated heterocycles. The van der Waals surface area contributed by atoms with Gasteiger partial charge >= 0.3 is 0 Å². The fourth-order valence-corrected chi connectivity index (χ4v) is 1.08. The van der Waals surface area contributed by atoms with E-state index in [1.165, 1.54) is 0 Å². The third kappa shape index (κ3) is 2.36. The first-order chi connectivity index (χ1) is 4.93. The van der Waals surface area contributed by atoms with Crippen molar-refractivity contribution in [1.82, 2.24) is 0 Å². The Kier molecular flexibility index (Phi) is 3.23. The van der Waals surface area contributed by atoms with E-state index < -0.39 is 0 Å². The van der Waals surface area contributed by atoms with Gasteiger partial charge in [-0.05, 0) is 19.3 Å². The zero-order valence-corrected chi connectivity index (χ0v) is 6.25. The monoisotopic (exact) mass is 138 g/mol. The molecule has 0 amide bonds. The largest absolute Gasteiger partial charge is 0.374 e. The molecular weight excluding hydrogens is 124 g/mol. The van der Waals surface area contributed by atoms with E-state index in [2.05, 4.69) is 18.7 Å². The van der Waals surface area contributed by atoms with Crippen LogP contribution >= 0.6 is 0 Å². The normalized spacial score (nSPS) is 24.6. The molecule has 1 heteroatoms. The second kappa shape index (κ2) is 4.29. The fraction of sp³-hybridized carbons (Fsp3) is 0.556. The van der Waals surface area contributed by atoms with Gasteiger partial charge in [0.15, 0.2) is 0 Å². The molecule has 0 saturated carbocycles. The first-order valence-corrected chi connectivity index (χ1v) is 3.81. The van der Waals surface area contributed by atoms with Crippen LogP contribution in [0, 0.1) is 0 Å². The van der Waals surface area contributed by atoms with Crippen LogP contribution in [0.1, 0.15) is 19.3 Å². The van der Waals surface area contributed by atoms with Crippen molar-refractivity contribution < 1.29 is 4.74 Å². The maximum atomic E-state index is 5.45. The maximum Gasteiger partial charge on any atom is 0.0651 e. The number of rotatable bonds is 3. The number of allylic oxidation sites excluding steroid dienone is 1. The summed E-state index contributed by atoms with van der Waals surface area (Å²) in [6.07, 6.45) is 9.92. The van der Waals surface area contributed by atoms with Crippen molar-refractivity contribution in [2.45, 2.75) is 25.4 Å². The second-order valence-electron chi connectivity index (χ2n) is 2.53. The number of ether oxygens (including phenoxy) is 1. The van der Waals surface area contributed by atoms with E-state index in [0.29, 0.717) is 6.10 Å². The summed E-state index contributed by atoms with van der Waals surface area (Å²) in [4.78, 5) is 0. The van der Waals surface area contributed by atoms with Gasteiger partial charge < -0.3 is 4.74 Å². The van der Waals surface area contributed by atoms with Crippen molar-refractivity contribution in [1.29, 1.82) is 0 Å². The third-order valence-electron chi connectivity index (χ3n) is 1.69. The van der Waals surface area contributed by atoms with Crippen molar-refractivity contribution >= 4 is 0 Å². The lowest BCUT2D eigenvalue weighted by atomic mass is 10.1. The molecule has 1 rings (SSSR count). The molecule has 1 nitrogen and oxygen atoms in total. The van der Waals surface area contributed by atoms with Gasteiger partial charge in [-0.2, -0.15) is 0 Å².